The molecule has 1 amide bonds. The molecular formula is C18H13Cl2NO2. The van der Waals surface area contributed by atoms with Crippen LogP contribution in [-0.4, -0.2) is 5.91 Å². The van der Waals surface area contributed by atoms with Gasteiger partial charge < -0.3 is 9.73 Å². The molecule has 0 saturated heterocycles. The Hall–Kier alpha value is -2.23. The second-order valence-corrected chi connectivity index (χ2v) is 5.72. The van der Waals surface area contributed by atoms with Gasteiger partial charge in [-0.1, -0.05) is 59.6 Å². The van der Waals surface area contributed by atoms with Crippen LogP contribution in [0.15, 0.2) is 71.3 Å². The second kappa shape index (κ2) is 6.90. The summed E-state index contributed by atoms with van der Waals surface area (Å²) in [6.45, 7) is 0. The molecular weight excluding hydrogens is 333 g/mol. The van der Waals surface area contributed by atoms with E-state index in [4.69, 9.17) is 27.6 Å². The Kier molecular flexibility index (Phi) is 4.70. The van der Waals surface area contributed by atoms with Gasteiger partial charge in [0.2, 0.25) is 0 Å². The molecule has 1 heterocycles. The van der Waals surface area contributed by atoms with Gasteiger partial charge in [0.05, 0.1) is 21.9 Å². The summed E-state index contributed by atoms with van der Waals surface area (Å²) >= 11 is 12.1. The Morgan fingerprint density at radius 2 is 1.74 bits per heavy atom. The highest BCUT2D eigenvalue weighted by Crippen LogP contribution is 2.27. The van der Waals surface area contributed by atoms with E-state index in [2.05, 4.69) is 5.32 Å². The first-order chi connectivity index (χ1) is 11.2. The molecule has 0 saturated carbocycles. The van der Waals surface area contributed by atoms with Gasteiger partial charge >= 0.3 is 0 Å². The molecule has 2 aromatic carbocycles. The maximum Gasteiger partial charge on any atom is 0.253 e. The first-order valence-electron chi connectivity index (χ1n) is 7.00. The summed E-state index contributed by atoms with van der Waals surface area (Å²) in [6, 6.07) is 17.7. The van der Waals surface area contributed by atoms with E-state index in [1.54, 1.807) is 30.5 Å². The zero-order chi connectivity index (χ0) is 16.2. The zero-order valence-electron chi connectivity index (χ0n) is 12.0. The number of carbonyl (C=O) groups excluding carboxylic acids is 1. The highest BCUT2D eigenvalue weighted by molar-refractivity contribution is 6.43. The van der Waals surface area contributed by atoms with Crippen molar-refractivity contribution in [1.82, 2.24) is 5.32 Å². The van der Waals surface area contributed by atoms with Crippen molar-refractivity contribution in [3.05, 3.63) is 93.9 Å². The number of carbonyl (C=O) groups is 1. The smallest absolute Gasteiger partial charge is 0.253 e. The number of hydrogen-bond acceptors (Lipinski definition) is 2. The number of nitrogens with one attached hydrogen (secondary N) is 1. The molecule has 116 valence electrons. The molecule has 5 heteroatoms. The first kappa shape index (κ1) is 15.7. The van der Waals surface area contributed by atoms with E-state index >= 15 is 0 Å². The standard InChI is InChI=1S/C18H13Cl2NO2/c19-14-9-4-8-13(16(14)20)18(22)21-17(15-10-5-11-23-15)12-6-2-1-3-7-12/h1-11,17H,(H,21,22). The lowest BCUT2D eigenvalue weighted by Crippen LogP contribution is -2.29. The molecule has 1 N–H and O–H groups in total. The van der Waals surface area contributed by atoms with Crippen LogP contribution in [0, 0.1) is 0 Å². The summed E-state index contributed by atoms with van der Waals surface area (Å²) in [6.07, 6.45) is 1.57. The molecule has 0 radical (unpaired) electrons. The van der Waals surface area contributed by atoms with Gasteiger partial charge in [-0.15, -0.1) is 0 Å². The van der Waals surface area contributed by atoms with Crippen LogP contribution in [0.5, 0.6) is 0 Å². The number of halogens is 2. The summed E-state index contributed by atoms with van der Waals surface area (Å²) < 4.78 is 5.47. The highest BCUT2D eigenvalue weighted by atomic mass is 35.5. The first-order valence-corrected chi connectivity index (χ1v) is 7.75. The maximum atomic E-state index is 12.6. The van der Waals surface area contributed by atoms with Crippen LogP contribution in [-0.2, 0) is 0 Å². The topological polar surface area (TPSA) is 42.2 Å². The zero-order valence-corrected chi connectivity index (χ0v) is 13.5. The van der Waals surface area contributed by atoms with Crippen LogP contribution < -0.4 is 5.32 Å². The molecule has 0 aliphatic heterocycles. The van der Waals surface area contributed by atoms with Gasteiger partial charge in [-0.05, 0) is 29.8 Å². The molecule has 0 bridgehead atoms. The van der Waals surface area contributed by atoms with Crippen molar-refractivity contribution < 1.29 is 9.21 Å². The minimum Gasteiger partial charge on any atom is -0.467 e. The molecule has 23 heavy (non-hydrogen) atoms. The van der Waals surface area contributed by atoms with Gasteiger partial charge in [-0.2, -0.15) is 0 Å². The van der Waals surface area contributed by atoms with Gasteiger partial charge in [0, 0.05) is 0 Å². The largest absolute Gasteiger partial charge is 0.467 e. The van der Waals surface area contributed by atoms with E-state index in [1.807, 2.05) is 36.4 Å². The van der Waals surface area contributed by atoms with Crippen LogP contribution in [0.25, 0.3) is 0 Å². The average molecular weight is 346 g/mol. The van der Waals surface area contributed by atoms with Gasteiger partial charge in [0.25, 0.3) is 5.91 Å². The highest BCUT2D eigenvalue weighted by Gasteiger charge is 2.21. The quantitative estimate of drug-likeness (QED) is 0.714. The van der Waals surface area contributed by atoms with Crippen LogP contribution >= 0.6 is 23.2 Å². The fraction of sp³-hybridized carbons (Fsp3) is 0.0556. The molecule has 0 aliphatic rings. The molecule has 0 fully saturated rings. The van der Waals surface area contributed by atoms with Crippen LogP contribution in [0.1, 0.15) is 27.7 Å². The Morgan fingerprint density at radius 3 is 2.43 bits per heavy atom. The fourth-order valence-electron chi connectivity index (χ4n) is 2.31. The van der Waals surface area contributed by atoms with Crippen molar-refractivity contribution in [3.63, 3.8) is 0 Å². The van der Waals surface area contributed by atoms with Gasteiger partial charge in [0.15, 0.2) is 0 Å². The van der Waals surface area contributed by atoms with Crippen LogP contribution in [0.4, 0.5) is 0 Å². The van der Waals surface area contributed by atoms with Crippen molar-refractivity contribution in [3.8, 4) is 0 Å². The summed E-state index contributed by atoms with van der Waals surface area (Å²) in [7, 11) is 0. The third-order valence-electron chi connectivity index (χ3n) is 3.43. The van der Waals surface area contributed by atoms with Crippen molar-refractivity contribution >= 4 is 29.1 Å². The Morgan fingerprint density at radius 1 is 0.957 bits per heavy atom. The number of rotatable bonds is 4. The lowest BCUT2D eigenvalue weighted by atomic mass is 10.0. The normalized spacial score (nSPS) is 11.9. The van der Waals surface area contributed by atoms with Crippen molar-refractivity contribution in [2.24, 2.45) is 0 Å². The monoisotopic (exact) mass is 345 g/mol. The van der Waals surface area contributed by atoms with Crippen LogP contribution in [0.3, 0.4) is 0 Å². The summed E-state index contributed by atoms with van der Waals surface area (Å²) in [5, 5.41) is 3.52. The van der Waals surface area contributed by atoms with Gasteiger partial charge in [-0.25, -0.2) is 0 Å². The lowest BCUT2D eigenvalue weighted by Gasteiger charge is -2.18. The Bertz CT molecular complexity index is 801. The van der Waals surface area contributed by atoms with E-state index in [0.717, 1.165) is 5.56 Å². The van der Waals surface area contributed by atoms with Gasteiger partial charge in [-0.3, -0.25) is 4.79 Å². The molecule has 1 atom stereocenters. The fourth-order valence-corrected chi connectivity index (χ4v) is 2.69. The summed E-state index contributed by atoms with van der Waals surface area (Å²) in [5.74, 6) is 0.324. The minimum absolute atomic E-state index is 0.234. The maximum absolute atomic E-state index is 12.6. The number of furan rings is 1. The lowest BCUT2D eigenvalue weighted by molar-refractivity contribution is 0.0939. The van der Waals surface area contributed by atoms with Crippen molar-refractivity contribution in [2.75, 3.05) is 0 Å². The molecule has 0 spiro atoms. The summed E-state index contributed by atoms with van der Waals surface area (Å²) in [5.41, 5.74) is 1.24. The third-order valence-corrected chi connectivity index (χ3v) is 4.25. The predicted octanol–water partition coefficient (Wildman–Crippen LogP) is 5.11. The Balaban J connectivity index is 1.93. The van der Waals surface area contributed by atoms with Crippen LogP contribution in [0.2, 0.25) is 10.0 Å². The Labute approximate surface area is 143 Å². The van der Waals surface area contributed by atoms with E-state index < -0.39 is 6.04 Å². The molecule has 0 aliphatic carbocycles. The molecule has 1 aromatic heterocycles. The molecule has 3 rings (SSSR count). The SMILES string of the molecule is O=C(NC(c1ccccc1)c1ccco1)c1cccc(Cl)c1Cl. The predicted molar refractivity (Wildman–Crippen MR) is 90.9 cm³/mol. The molecule has 3 nitrogen and oxygen atoms in total. The van der Waals surface area contributed by atoms with E-state index in [-0.39, 0.29) is 10.9 Å². The van der Waals surface area contributed by atoms with Gasteiger partial charge in [0.1, 0.15) is 11.8 Å². The van der Waals surface area contributed by atoms with E-state index in [0.29, 0.717) is 16.3 Å². The third kappa shape index (κ3) is 3.41. The van der Waals surface area contributed by atoms with E-state index in [1.165, 1.54) is 0 Å². The molecule has 3 aromatic rings. The van der Waals surface area contributed by atoms with Crippen molar-refractivity contribution in [1.29, 1.82) is 0 Å². The number of benzene rings is 2. The minimum atomic E-state index is -0.409. The molecule has 1 unspecified atom stereocenters. The van der Waals surface area contributed by atoms with E-state index in [9.17, 15) is 4.79 Å². The average Bonchev–Trinajstić information content (AvgIpc) is 3.10. The number of hydrogen-bond donors (Lipinski definition) is 1. The number of amides is 1. The van der Waals surface area contributed by atoms with Crippen molar-refractivity contribution in [2.45, 2.75) is 6.04 Å². The second-order valence-electron chi connectivity index (χ2n) is 4.93. The summed E-state index contributed by atoms with van der Waals surface area (Å²) in [4.78, 5) is 12.6.